The number of benzene rings is 2. The van der Waals surface area contributed by atoms with Crippen molar-refractivity contribution in [1.29, 1.82) is 0 Å². The summed E-state index contributed by atoms with van der Waals surface area (Å²) in [5, 5.41) is 5.67. The zero-order chi connectivity index (χ0) is 25.7. The molecule has 4 rings (SSSR count). The van der Waals surface area contributed by atoms with Crippen molar-refractivity contribution in [1.82, 2.24) is 10.2 Å². The molecule has 0 fully saturated rings. The molecule has 36 heavy (non-hydrogen) atoms. The average Bonchev–Trinajstić information content (AvgIpc) is 3.30. The summed E-state index contributed by atoms with van der Waals surface area (Å²) in [5.41, 5.74) is 3.34. The molecule has 188 valence electrons. The smallest absolute Gasteiger partial charge is 0.338 e. The van der Waals surface area contributed by atoms with E-state index in [-0.39, 0.29) is 25.0 Å². The summed E-state index contributed by atoms with van der Waals surface area (Å²) in [6.07, 6.45) is 1.01. The van der Waals surface area contributed by atoms with Gasteiger partial charge in [0.05, 0.1) is 37.4 Å². The topological polar surface area (TPSA) is 80.2 Å². The van der Waals surface area contributed by atoms with Crippen molar-refractivity contribution in [3.05, 3.63) is 82.4 Å². The normalized spacial score (nSPS) is 17.7. The van der Waals surface area contributed by atoms with Crippen molar-refractivity contribution < 1.29 is 19.1 Å². The molecule has 0 saturated carbocycles. The van der Waals surface area contributed by atoms with Gasteiger partial charge in [-0.05, 0) is 31.7 Å². The van der Waals surface area contributed by atoms with E-state index >= 15 is 0 Å². The number of esters is 1. The van der Waals surface area contributed by atoms with Crippen molar-refractivity contribution in [2.75, 3.05) is 13.7 Å². The fourth-order valence-corrected chi connectivity index (χ4v) is 5.19. The molecule has 0 aromatic heterocycles. The molecule has 1 N–H and O–H groups in total. The van der Waals surface area contributed by atoms with E-state index in [0.29, 0.717) is 22.2 Å². The van der Waals surface area contributed by atoms with Gasteiger partial charge in [0.2, 0.25) is 5.91 Å². The molecule has 2 aliphatic heterocycles. The maximum atomic E-state index is 13.5. The van der Waals surface area contributed by atoms with Crippen LogP contribution in [0.25, 0.3) is 5.70 Å². The molecule has 2 aromatic rings. The molecule has 0 aliphatic carbocycles. The third-order valence-corrected chi connectivity index (χ3v) is 7.04. The second-order valence-corrected chi connectivity index (χ2v) is 9.37. The number of rotatable bonds is 9. The highest BCUT2D eigenvalue weighted by molar-refractivity contribution is 8.16. The third-order valence-electron chi connectivity index (χ3n) is 6.15. The predicted octanol–water partition coefficient (Wildman–Crippen LogP) is 5.28. The highest BCUT2D eigenvalue weighted by atomic mass is 32.2. The van der Waals surface area contributed by atoms with Gasteiger partial charge in [-0.25, -0.2) is 9.79 Å². The Morgan fingerprint density at radius 1 is 1.11 bits per heavy atom. The van der Waals surface area contributed by atoms with Crippen LogP contribution in [0.2, 0.25) is 0 Å². The van der Waals surface area contributed by atoms with Gasteiger partial charge in [0.15, 0.2) is 5.17 Å². The molecule has 0 bridgehead atoms. The number of para-hydroxylation sites is 1. The lowest BCUT2D eigenvalue weighted by atomic mass is 9.91. The van der Waals surface area contributed by atoms with Crippen molar-refractivity contribution >= 4 is 34.5 Å². The van der Waals surface area contributed by atoms with Crippen molar-refractivity contribution in [3.8, 4) is 5.75 Å². The van der Waals surface area contributed by atoms with Crippen LogP contribution in [-0.2, 0) is 14.3 Å². The lowest BCUT2D eigenvalue weighted by molar-refractivity contribution is -0.139. The number of hydrogen-bond donors (Lipinski definition) is 1. The number of aliphatic imine (C=N–C) groups is 1. The zero-order valence-corrected chi connectivity index (χ0v) is 21.8. The summed E-state index contributed by atoms with van der Waals surface area (Å²) in [6, 6.07) is 16.7. The second kappa shape index (κ2) is 11.5. The summed E-state index contributed by atoms with van der Waals surface area (Å²) in [6.45, 7) is 6.03. The van der Waals surface area contributed by atoms with Crippen LogP contribution >= 0.6 is 11.8 Å². The second-order valence-electron chi connectivity index (χ2n) is 8.54. The number of methoxy groups -OCH3 is 1. The van der Waals surface area contributed by atoms with Crippen molar-refractivity contribution in [3.63, 3.8) is 0 Å². The summed E-state index contributed by atoms with van der Waals surface area (Å²) in [5.74, 6) is 0.111. The SMILES string of the molecule is CCOC(=O)C1=C(c2ccccc2)N=C2SC=C(CC(=O)N[C@@H](C)CC)N2[C@H]1c1ccccc1OC. The fraction of sp³-hybridized carbons (Fsp3) is 0.321. The number of hydrogen-bond acceptors (Lipinski definition) is 7. The van der Waals surface area contributed by atoms with Gasteiger partial charge in [0.25, 0.3) is 0 Å². The maximum absolute atomic E-state index is 13.5. The molecule has 7 nitrogen and oxygen atoms in total. The number of carbonyl (C=O) groups is 2. The Labute approximate surface area is 216 Å². The quantitative estimate of drug-likeness (QED) is 0.468. The summed E-state index contributed by atoms with van der Waals surface area (Å²) in [4.78, 5) is 33.3. The minimum Gasteiger partial charge on any atom is -0.496 e. The minimum atomic E-state index is -0.583. The molecular formula is C28H31N3O4S. The molecule has 2 atom stereocenters. The van der Waals surface area contributed by atoms with Gasteiger partial charge in [-0.15, -0.1) is 0 Å². The number of thioether (sulfide) groups is 1. The van der Waals surface area contributed by atoms with E-state index in [1.807, 2.05) is 78.8 Å². The van der Waals surface area contributed by atoms with Gasteiger partial charge in [-0.3, -0.25) is 4.79 Å². The number of nitrogens with zero attached hydrogens (tertiary/aromatic N) is 2. The van der Waals surface area contributed by atoms with E-state index in [1.165, 1.54) is 11.8 Å². The average molecular weight is 506 g/mol. The Morgan fingerprint density at radius 2 is 1.83 bits per heavy atom. The molecule has 1 amide bonds. The first kappa shape index (κ1) is 25.6. The van der Waals surface area contributed by atoms with Crippen molar-refractivity contribution in [2.45, 2.75) is 45.7 Å². The van der Waals surface area contributed by atoms with Crippen LogP contribution in [0.5, 0.6) is 5.75 Å². The third kappa shape index (κ3) is 5.18. The van der Waals surface area contributed by atoms with E-state index in [1.54, 1.807) is 14.0 Å². The highest BCUT2D eigenvalue weighted by Crippen LogP contribution is 2.48. The minimum absolute atomic E-state index is 0.0753. The van der Waals surface area contributed by atoms with Gasteiger partial charge >= 0.3 is 5.97 Å². The van der Waals surface area contributed by atoms with E-state index < -0.39 is 12.0 Å². The number of ether oxygens (including phenoxy) is 2. The van der Waals surface area contributed by atoms with Gasteiger partial charge in [0.1, 0.15) is 5.75 Å². The first-order valence-corrected chi connectivity index (χ1v) is 13.0. The van der Waals surface area contributed by atoms with E-state index in [2.05, 4.69) is 5.32 Å². The predicted molar refractivity (Wildman–Crippen MR) is 143 cm³/mol. The van der Waals surface area contributed by atoms with Gasteiger partial charge in [0, 0.05) is 22.9 Å². The molecule has 0 unspecified atom stereocenters. The van der Waals surface area contributed by atoms with E-state index in [0.717, 1.165) is 23.2 Å². The van der Waals surface area contributed by atoms with Crippen LogP contribution in [0.15, 0.2) is 76.3 Å². The number of fused-ring (bicyclic) bond motifs is 1. The van der Waals surface area contributed by atoms with E-state index in [4.69, 9.17) is 14.5 Å². The standard InChI is InChI=1S/C28H31N3O4S/c1-5-18(3)29-23(32)16-20-17-36-28-30-25(19-12-8-7-9-13-19)24(27(33)35-6-2)26(31(20)28)21-14-10-11-15-22(21)34-4/h7-15,17-18,26H,5-6,16H2,1-4H3,(H,29,32)/t18-,26-/m0/s1. The maximum Gasteiger partial charge on any atom is 0.338 e. The van der Waals surface area contributed by atoms with Gasteiger partial charge in [-0.2, -0.15) is 0 Å². The fourth-order valence-electron chi connectivity index (χ4n) is 4.27. The molecule has 0 radical (unpaired) electrons. The van der Waals surface area contributed by atoms with Crippen molar-refractivity contribution in [2.24, 2.45) is 4.99 Å². The monoisotopic (exact) mass is 505 g/mol. The first-order chi connectivity index (χ1) is 17.5. The van der Waals surface area contributed by atoms with Crippen LogP contribution in [0.3, 0.4) is 0 Å². The van der Waals surface area contributed by atoms with Crippen LogP contribution in [0, 0.1) is 0 Å². The number of amidine groups is 1. The Morgan fingerprint density at radius 3 is 2.53 bits per heavy atom. The Balaban J connectivity index is 1.88. The molecule has 0 saturated heterocycles. The lowest BCUT2D eigenvalue weighted by Gasteiger charge is -2.37. The van der Waals surface area contributed by atoms with Crippen LogP contribution in [-0.4, -0.2) is 41.7 Å². The summed E-state index contributed by atoms with van der Waals surface area (Å²) in [7, 11) is 1.61. The largest absolute Gasteiger partial charge is 0.496 e. The van der Waals surface area contributed by atoms with Crippen LogP contribution in [0.4, 0.5) is 0 Å². The van der Waals surface area contributed by atoms with Crippen LogP contribution < -0.4 is 10.1 Å². The summed E-state index contributed by atoms with van der Waals surface area (Å²) >= 11 is 1.45. The molecular weight excluding hydrogens is 474 g/mol. The number of carbonyl (C=O) groups excluding carboxylic acids is 2. The Kier molecular flexibility index (Phi) is 8.15. The van der Waals surface area contributed by atoms with Gasteiger partial charge < -0.3 is 19.7 Å². The highest BCUT2D eigenvalue weighted by Gasteiger charge is 2.43. The molecule has 2 aliphatic rings. The molecule has 0 spiro atoms. The lowest BCUT2D eigenvalue weighted by Crippen LogP contribution is -2.39. The summed E-state index contributed by atoms with van der Waals surface area (Å²) < 4.78 is 11.3. The van der Waals surface area contributed by atoms with Gasteiger partial charge in [-0.1, -0.05) is 67.2 Å². The first-order valence-electron chi connectivity index (χ1n) is 12.1. The number of amides is 1. The molecule has 8 heteroatoms. The van der Waals surface area contributed by atoms with Crippen LogP contribution in [0.1, 0.15) is 50.8 Å². The zero-order valence-electron chi connectivity index (χ0n) is 21.0. The Hall–Kier alpha value is -3.52. The molecule has 2 heterocycles. The van der Waals surface area contributed by atoms with E-state index in [9.17, 15) is 9.59 Å². The Bertz CT molecular complexity index is 1220. The number of nitrogens with one attached hydrogen (secondary N) is 1. The molecule has 2 aromatic carbocycles.